The Morgan fingerprint density at radius 2 is 2.06 bits per heavy atom. The second-order valence-electron chi connectivity index (χ2n) is 5.35. The maximum atomic E-state index is 5.20. The molecule has 1 heterocycles. The first-order chi connectivity index (χ1) is 7.49. The van der Waals surface area contributed by atoms with E-state index in [0.717, 1.165) is 17.7 Å². The van der Waals surface area contributed by atoms with Gasteiger partial charge in [-0.05, 0) is 23.6 Å². The Labute approximate surface area is 96.8 Å². The molecule has 1 radical (unpaired) electrons. The van der Waals surface area contributed by atoms with E-state index in [1.54, 1.807) is 7.11 Å². The van der Waals surface area contributed by atoms with Gasteiger partial charge < -0.3 is 9.30 Å². The second-order valence-corrected chi connectivity index (χ2v) is 5.35. The van der Waals surface area contributed by atoms with Gasteiger partial charge in [-0.25, -0.2) is 0 Å². The lowest BCUT2D eigenvalue weighted by Gasteiger charge is -2.19. The molecule has 2 nitrogen and oxygen atoms in total. The van der Waals surface area contributed by atoms with E-state index in [4.69, 9.17) is 4.74 Å². The summed E-state index contributed by atoms with van der Waals surface area (Å²) in [6.45, 7) is 7.71. The Balaban J connectivity index is 2.42. The predicted molar refractivity (Wildman–Crippen MR) is 66.8 cm³/mol. The normalized spacial score (nSPS) is 12.0. The van der Waals surface area contributed by atoms with Crippen molar-refractivity contribution in [1.29, 1.82) is 0 Å². The summed E-state index contributed by atoms with van der Waals surface area (Å²) in [5, 5.41) is 1.11. The molecule has 0 spiro atoms. The Bertz CT molecular complexity index is 491. The minimum atomic E-state index is 0.277. The first kappa shape index (κ1) is 11.1. The molecule has 1 aromatic carbocycles. The molecule has 2 aromatic rings. The number of aromatic nitrogens is 1. The van der Waals surface area contributed by atoms with Crippen LogP contribution in [0.2, 0.25) is 0 Å². The Hall–Kier alpha value is -1.44. The number of hydrogen-bond acceptors (Lipinski definition) is 1. The fourth-order valence-electron chi connectivity index (χ4n) is 1.87. The lowest BCUT2D eigenvalue weighted by atomic mass is 9.97. The van der Waals surface area contributed by atoms with Crippen molar-refractivity contribution in [2.75, 3.05) is 7.11 Å². The highest BCUT2D eigenvalue weighted by atomic mass is 16.5. The van der Waals surface area contributed by atoms with Gasteiger partial charge in [-0.15, -0.1) is 0 Å². The fraction of sp³-hybridized carbons (Fsp3) is 0.429. The molecule has 2 rings (SSSR count). The van der Waals surface area contributed by atoms with Gasteiger partial charge in [0.2, 0.25) is 0 Å². The van der Waals surface area contributed by atoms with Gasteiger partial charge in [-0.2, -0.15) is 0 Å². The van der Waals surface area contributed by atoms with Gasteiger partial charge >= 0.3 is 0 Å². The van der Waals surface area contributed by atoms with Gasteiger partial charge in [0.25, 0.3) is 0 Å². The van der Waals surface area contributed by atoms with Crippen LogP contribution in [0, 0.1) is 11.5 Å². The Morgan fingerprint density at radius 1 is 1.31 bits per heavy atom. The van der Waals surface area contributed by atoms with Crippen molar-refractivity contribution in [3.63, 3.8) is 0 Å². The molecule has 0 bridgehead atoms. The van der Waals surface area contributed by atoms with E-state index in [2.05, 4.69) is 37.5 Å². The molecule has 0 saturated heterocycles. The van der Waals surface area contributed by atoms with E-state index in [0.29, 0.717) is 0 Å². The largest absolute Gasteiger partial charge is 0.497 e. The second kappa shape index (κ2) is 3.85. The molecule has 0 amide bonds. The lowest BCUT2D eigenvalue weighted by molar-refractivity contribution is 0.349. The number of methoxy groups -OCH3 is 1. The average Bonchev–Trinajstić information content (AvgIpc) is 2.58. The summed E-state index contributed by atoms with van der Waals surface area (Å²) in [5.74, 6) is 0.886. The zero-order chi connectivity index (χ0) is 11.8. The summed E-state index contributed by atoms with van der Waals surface area (Å²) in [7, 11) is 1.69. The summed E-state index contributed by atoms with van der Waals surface area (Å²) in [6.07, 6.45) is 2.02. The van der Waals surface area contributed by atoms with Crippen LogP contribution in [0.3, 0.4) is 0 Å². The number of benzene rings is 1. The zero-order valence-corrected chi connectivity index (χ0v) is 10.4. The predicted octanol–water partition coefficient (Wildman–Crippen LogP) is 3.50. The highest BCUT2D eigenvalue weighted by Gasteiger charge is 2.12. The molecular weight excluding hydrogens is 198 g/mol. The van der Waals surface area contributed by atoms with E-state index in [9.17, 15) is 0 Å². The maximum Gasteiger partial charge on any atom is 0.119 e. The Morgan fingerprint density at radius 3 is 2.69 bits per heavy atom. The van der Waals surface area contributed by atoms with Gasteiger partial charge in [0.15, 0.2) is 0 Å². The third-order valence-corrected chi connectivity index (χ3v) is 2.53. The van der Waals surface area contributed by atoms with Crippen molar-refractivity contribution in [2.45, 2.75) is 27.3 Å². The number of nitrogens with zero attached hydrogens (tertiary/aromatic N) is 1. The summed E-state index contributed by atoms with van der Waals surface area (Å²) >= 11 is 0. The molecule has 0 N–H and O–H groups in total. The van der Waals surface area contributed by atoms with Crippen molar-refractivity contribution in [2.24, 2.45) is 5.41 Å². The smallest absolute Gasteiger partial charge is 0.119 e. The van der Waals surface area contributed by atoms with Crippen molar-refractivity contribution in [1.82, 2.24) is 4.57 Å². The molecule has 0 saturated carbocycles. The molecule has 1 aromatic heterocycles. The minimum Gasteiger partial charge on any atom is -0.497 e. The van der Waals surface area contributed by atoms with Crippen LogP contribution in [0.5, 0.6) is 5.75 Å². The van der Waals surface area contributed by atoms with Gasteiger partial charge in [-0.3, -0.25) is 0 Å². The molecule has 16 heavy (non-hydrogen) atoms. The zero-order valence-electron chi connectivity index (χ0n) is 10.4. The van der Waals surface area contributed by atoms with Crippen LogP contribution in [0.1, 0.15) is 20.8 Å². The molecule has 0 unspecified atom stereocenters. The van der Waals surface area contributed by atoms with Crippen LogP contribution in [0.15, 0.2) is 24.4 Å². The van der Waals surface area contributed by atoms with E-state index in [-0.39, 0.29) is 5.41 Å². The molecule has 85 valence electrons. The standard InChI is InChI=1S/C14H18NO/c1-14(2,3)10-15-8-7-11-9-12(16-4)5-6-13(11)15/h5-6,8-9H,10H2,1-4H3. The van der Waals surface area contributed by atoms with Crippen LogP contribution in [0.4, 0.5) is 0 Å². The number of ether oxygens (including phenoxy) is 1. The molecule has 2 heteroatoms. The third kappa shape index (κ3) is 2.21. The minimum absolute atomic E-state index is 0.277. The lowest BCUT2D eigenvalue weighted by Crippen LogP contribution is -2.14. The third-order valence-electron chi connectivity index (χ3n) is 2.53. The van der Waals surface area contributed by atoms with Crippen LogP contribution in [-0.2, 0) is 6.54 Å². The molecule has 0 aliphatic heterocycles. The summed E-state index contributed by atoms with van der Waals surface area (Å²) in [6, 6.07) is 9.38. The molecule has 0 fully saturated rings. The highest BCUT2D eigenvalue weighted by Crippen LogP contribution is 2.24. The summed E-state index contributed by atoms with van der Waals surface area (Å²) in [5.41, 5.74) is 1.50. The molecule has 0 aliphatic carbocycles. The van der Waals surface area contributed by atoms with E-state index in [1.165, 1.54) is 5.52 Å². The van der Waals surface area contributed by atoms with Crippen LogP contribution >= 0.6 is 0 Å². The molecular formula is C14H18NO. The molecule has 0 atom stereocenters. The van der Waals surface area contributed by atoms with Gasteiger partial charge in [0, 0.05) is 29.7 Å². The summed E-state index contributed by atoms with van der Waals surface area (Å²) < 4.78 is 7.45. The van der Waals surface area contributed by atoms with Crippen LogP contribution in [-0.4, -0.2) is 11.7 Å². The first-order valence-corrected chi connectivity index (χ1v) is 5.54. The van der Waals surface area contributed by atoms with Gasteiger partial charge in [0.1, 0.15) is 5.75 Å². The fourth-order valence-corrected chi connectivity index (χ4v) is 1.87. The van der Waals surface area contributed by atoms with Crippen LogP contribution < -0.4 is 4.74 Å². The summed E-state index contributed by atoms with van der Waals surface area (Å²) in [4.78, 5) is 0. The van der Waals surface area contributed by atoms with Gasteiger partial charge in [0.05, 0.1) is 7.11 Å². The topological polar surface area (TPSA) is 14.2 Å². The van der Waals surface area contributed by atoms with E-state index in [1.807, 2.05) is 18.3 Å². The average molecular weight is 216 g/mol. The first-order valence-electron chi connectivity index (χ1n) is 5.54. The monoisotopic (exact) mass is 216 g/mol. The SMILES string of the molecule is COc1ccc2c([c]cn2CC(C)(C)C)c1. The van der Waals surface area contributed by atoms with E-state index >= 15 is 0 Å². The Kier molecular flexibility index (Phi) is 2.66. The molecule has 0 aliphatic rings. The van der Waals surface area contributed by atoms with Crippen molar-refractivity contribution < 1.29 is 4.74 Å². The van der Waals surface area contributed by atoms with Gasteiger partial charge in [-0.1, -0.05) is 20.8 Å². The van der Waals surface area contributed by atoms with E-state index < -0.39 is 0 Å². The van der Waals surface area contributed by atoms with Crippen molar-refractivity contribution >= 4 is 10.9 Å². The number of hydrogen-bond donors (Lipinski definition) is 0. The van der Waals surface area contributed by atoms with Crippen molar-refractivity contribution in [3.8, 4) is 5.75 Å². The van der Waals surface area contributed by atoms with Crippen molar-refractivity contribution in [3.05, 3.63) is 30.5 Å². The number of rotatable bonds is 2. The number of fused-ring (bicyclic) bond motifs is 1. The highest BCUT2D eigenvalue weighted by molar-refractivity contribution is 5.81. The van der Waals surface area contributed by atoms with Crippen LogP contribution in [0.25, 0.3) is 10.9 Å². The quantitative estimate of drug-likeness (QED) is 0.749. The maximum absolute atomic E-state index is 5.20.